The number of anilines is 1. The number of benzene rings is 1. The number of hydrogen-bond donors (Lipinski definition) is 2. The van der Waals surface area contributed by atoms with Gasteiger partial charge >= 0.3 is 0 Å². The zero-order valence-electron chi connectivity index (χ0n) is 16.0. The van der Waals surface area contributed by atoms with E-state index in [0.29, 0.717) is 0 Å². The summed E-state index contributed by atoms with van der Waals surface area (Å²) in [5.41, 5.74) is 4.58. The van der Waals surface area contributed by atoms with Crippen molar-refractivity contribution in [3.63, 3.8) is 0 Å². The molecule has 31 heavy (non-hydrogen) atoms. The monoisotopic (exact) mass is 429 g/mol. The predicted octanol–water partition coefficient (Wildman–Crippen LogP) is 1.36. The molecule has 3 N–H and O–H groups in total. The number of halogens is 2. The Morgan fingerprint density at radius 2 is 2.23 bits per heavy atom. The maximum Gasteiger partial charge on any atom is 0.284 e. The van der Waals surface area contributed by atoms with Gasteiger partial charge in [0, 0.05) is 11.3 Å². The van der Waals surface area contributed by atoms with Gasteiger partial charge in [-0.1, -0.05) is 5.92 Å². The summed E-state index contributed by atoms with van der Waals surface area (Å²) in [5.74, 6) is 0.794. The molecule has 1 fully saturated rings. The minimum atomic E-state index is -1.46. The van der Waals surface area contributed by atoms with Gasteiger partial charge < -0.3 is 25.3 Å². The molecule has 1 saturated heterocycles. The van der Waals surface area contributed by atoms with Crippen molar-refractivity contribution in [1.82, 2.24) is 9.97 Å². The first kappa shape index (κ1) is 20.5. The van der Waals surface area contributed by atoms with Crippen molar-refractivity contribution < 1.29 is 27.8 Å². The molecule has 2 aromatic rings. The fourth-order valence-electron chi connectivity index (χ4n) is 3.61. The van der Waals surface area contributed by atoms with Crippen molar-refractivity contribution in [3.8, 4) is 18.2 Å². The van der Waals surface area contributed by atoms with Crippen LogP contribution in [0.2, 0.25) is 0 Å². The number of alkyl halides is 1. The summed E-state index contributed by atoms with van der Waals surface area (Å²) >= 11 is 0. The molecule has 0 saturated carbocycles. The lowest BCUT2D eigenvalue weighted by molar-refractivity contribution is 0.0940. The van der Waals surface area contributed by atoms with Crippen LogP contribution < -0.4 is 15.8 Å². The number of nitrogens with one attached hydrogen (secondary N) is 1. The molecule has 3 heterocycles. The Bertz CT molecular complexity index is 1070. The average molecular weight is 429 g/mol. The number of rotatable bonds is 5. The quantitative estimate of drug-likeness (QED) is 0.689. The lowest BCUT2D eigenvalue weighted by Gasteiger charge is -2.37. The second-order valence-corrected chi connectivity index (χ2v) is 6.80. The van der Waals surface area contributed by atoms with Gasteiger partial charge in [-0.15, -0.1) is 6.42 Å². The first-order valence-corrected chi connectivity index (χ1v) is 9.16. The number of ether oxygens (including phenoxy) is 3. The van der Waals surface area contributed by atoms with Gasteiger partial charge in [0.2, 0.25) is 12.7 Å². The predicted molar refractivity (Wildman–Crippen MR) is 104 cm³/mol. The highest BCUT2D eigenvalue weighted by molar-refractivity contribution is 6.02. The highest BCUT2D eigenvalue weighted by Crippen LogP contribution is 2.43. The zero-order valence-corrected chi connectivity index (χ0v) is 16.0. The summed E-state index contributed by atoms with van der Waals surface area (Å²) in [6, 6.07) is 3.76. The Labute approximate surface area is 175 Å². The van der Waals surface area contributed by atoms with E-state index in [1.54, 1.807) is 0 Å². The molecule has 2 aliphatic rings. The number of hydrogen-bond acceptors (Lipinski definition) is 8. The van der Waals surface area contributed by atoms with E-state index in [9.17, 15) is 13.6 Å². The van der Waals surface area contributed by atoms with Crippen molar-refractivity contribution in [2.24, 2.45) is 16.6 Å². The van der Waals surface area contributed by atoms with Crippen LogP contribution in [0, 0.1) is 24.1 Å². The van der Waals surface area contributed by atoms with Crippen LogP contribution in [0.5, 0.6) is 5.88 Å². The molecule has 9 nitrogen and oxygen atoms in total. The Balaban J connectivity index is 1.65. The molecule has 1 aromatic carbocycles. The Kier molecular flexibility index (Phi) is 5.39. The van der Waals surface area contributed by atoms with E-state index in [1.807, 2.05) is 0 Å². The van der Waals surface area contributed by atoms with Crippen LogP contribution in [0.4, 0.5) is 14.5 Å². The van der Waals surface area contributed by atoms with Crippen molar-refractivity contribution in [2.75, 3.05) is 25.4 Å². The number of aliphatic imine (C=N–C) groups is 1. The van der Waals surface area contributed by atoms with Gasteiger partial charge in [0.15, 0.2) is 5.54 Å². The van der Waals surface area contributed by atoms with E-state index in [2.05, 4.69) is 30.9 Å². The minimum absolute atomic E-state index is 0.0531. The molecule has 0 bridgehead atoms. The van der Waals surface area contributed by atoms with Crippen LogP contribution in [0.3, 0.4) is 0 Å². The summed E-state index contributed by atoms with van der Waals surface area (Å²) in [6.45, 7) is -0.603. The maximum absolute atomic E-state index is 14.9. The van der Waals surface area contributed by atoms with Gasteiger partial charge in [0.05, 0.1) is 31.5 Å². The molecule has 1 unspecified atom stereocenters. The fourth-order valence-corrected chi connectivity index (χ4v) is 3.61. The number of fused-ring (bicyclic) bond motifs is 1. The van der Waals surface area contributed by atoms with Gasteiger partial charge in [-0.05, 0) is 18.2 Å². The molecule has 2 aliphatic heterocycles. The SMILES string of the molecule is C#CC1(c2cc(NC(=O)c3cnc(OCF)cn3)ccc2F)N=C(N)O[C@@H]2COC[C@@H]21. The van der Waals surface area contributed by atoms with Crippen molar-refractivity contribution in [2.45, 2.75) is 11.6 Å². The van der Waals surface area contributed by atoms with Gasteiger partial charge in [-0.25, -0.2) is 23.7 Å². The van der Waals surface area contributed by atoms with E-state index in [-0.39, 0.29) is 42.1 Å². The summed E-state index contributed by atoms with van der Waals surface area (Å²) in [5, 5.41) is 2.59. The maximum atomic E-state index is 14.9. The second-order valence-electron chi connectivity index (χ2n) is 6.80. The number of amides is 1. The summed E-state index contributed by atoms with van der Waals surface area (Å²) in [4.78, 5) is 24.4. The van der Waals surface area contributed by atoms with E-state index in [4.69, 9.17) is 21.6 Å². The van der Waals surface area contributed by atoms with Gasteiger partial charge in [0.1, 0.15) is 17.6 Å². The number of carbonyl (C=O) groups excluding carboxylic acids is 1. The normalized spacial score (nSPS) is 24.4. The summed E-state index contributed by atoms with van der Waals surface area (Å²) < 4.78 is 42.5. The average Bonchev–Trinajstić information content (AvgIpc) is 3.24. The molecule has 4 rings (SSSR count). The zero-order chi connectivity index (χ0) is 22.0. The Hall–Kier alpha value is -3.78. The van der Waals surface area contributed by atoms with E-state index >= 15 is 0 Å². The van der Waals surface area contributed by atoms with Gasteiger partial charge in [-0.3, -0.25) is 4.79 Å². The van der Waals surface area contributed by atoms with E-state index < -0.39 is 36.1 Å². The number of carbonyl (C=O) groups is 1. The number of nitrogens with zero attached hydrogens (tertiary/aromatic N) is 3. The third-order valence-corrected chi connectivity index (χ3v) is 5.04. The lowest BCUT2D eigenvalue weighted by Crippen LogP contribution is -2.48. The van der Waals surface area contributed by atoms with E-state index in [1.165, 1.54) is 18.2 Å². The largest absolute Gasteiger partial charge is 0.459 e. The van der Waals surface area contributed by atoms with Crippen LogP contribution in [0.25, 0.3) is 0 Å². The Morgan fingerprint density at radius 1 is 1.39 bits per heavy atom. The third-order valence-electron chi connectivity index (χ3n) is 5.04. The third kappa shape index (κ3) is 3.73. The first-order chi connectivity index (χ1) is 15.0. The fraction of sp³-hybridized carbons (Fsp3) is 0.300. The molecule has 0 aliphatic carbocycles. The van der Waals surface area contributed by atoms with Crippen molar-refractivity contribution >= 4 is 17.6 Å². The van der Waals surface area contributed by atoms with Crippen LogP contribution >= 0.6 is 0 Å². The molecular formula is C20H17F2N5O4. The molecule has 1 amide bonds. The first-order valence-electron chi connectivity index (χ1n) is 9.16. The topological polar surface area (TPSA) is 121 Å². The second kappa shape index (κ2) is 8.16. The molecule has 0 spiro atoms. The summed E-state index contributed by atoms with van der Waals surface area (Å²) in [6.07, 6.45) is 7.57. The number of amidine groups is 1. The van der Waals surface area contributed by atoms with E-state index in [0.717, 1.165) is 12.4 Å². The van der Waals surface area contributed by atoms with Crippen LogP contribution in [0.15, 0.2) is 35.6 Å². The van der Waals surface area contributed by atoms with Crippen molar-refractivity contribution in [1.29, 1.82) is 0 Å². The highest BCUT2D eigenvalue weighted by atomic mass is 19.1. The smallest absolute Gasteiger partial charge is 0.284 e. The van der Waals surface area contributed by atoms with Crippen LogP contribution in [-0.2, 0) is 15.0 Å². The number of aromatic nitrogens is 2. The number of terminal acetylenes is 1. The molecule has 160 valence electrons. The minimum Gasteiger partial charge on any atom is -0.459 e. The molecular weight excluding hydrogens is 412 g/mol. The molecule has 3 atom stereocenters. The Morgan fingerprint density at radius 3 is 2.94 bits per heavy atom. The van der Waals surface area contributed by atoms with Gasteiger partial charge in [0.25, 0.3) is 11.9 Å². The van der Waals surface area contributed by atoms with Crippen molar-refractivity contribution in [3.05, 3.63) is 47.7 Å². The summed E-state index contributed by atoms with van der Waals surface area (Å²) in [7, 11) is 0. The lowest BCUT2D eigenvalue weighted by atomic mass is 9.76. The molecule has 0 radical (unpaired) electrons. The van der Waals surface area contributed by atoms with Crippen LogP contribution in [-0.4, -0.2) is 48.1 Å². The standard InChI is InChI=1S/C20H17F2N5O4/c1-2-20(13-8-29-9-16(13)31-19(23)27-20)12-5-11(3-4-14(12)22)26-18(28)15-6-25-17(7-24-15)30-10-21/h1,3-7,13,16H,8-10H2,(H2,23,27)(H,26,28)/t13-,16+,20?/m0/s1. The molecule has 1 aromatic heterocycles. The molecule has 11 heteroatoms. The van der Waals surface area contributed by atoms with Crippen LogP contribution in [0.1, 0.15) is 16.1 Å². The highest BCUT2D eigenvalue weighted by Gasteiger charge is 2.52. The number of nitrogens with two attached hydrogens (primary N) is 1. The van der Waals surface area contributed by atoms with Gasteiger partial charge in [-0.2, -0.15) is 0 Å².